The van der Waals surface area contributed by atoms with Crippen LogP contribution in [0.3, 0.4) is 0 Å². The van der Waals surface area contributed by atoms with Crippen LogP contribution in [0, 0.1) is 10.1 Å². The number of carbonyl (C=O) groups is 1. The van der Waals surface area contributed by atoms with E-state index >= 15 is 0 Å². The minimum atomic E-state index is -0.462. The number of nitro groups is 1. The van der Waals surface area contributed by atoms with Gasteiger partial charge in [-0.3, -0.25) is 14.9 Å². The summed E-state index contributed by atoms with van der Waals surface area (Å²) in [6.07, 6.45) is 4.76. The van der Waals surface area contributed by atoms with Crippen molar-refractivity contribution in [1.29, 1.82) is 0 Å². The molecular weight excluding hydrogens is 336 g/mol. The molecule has 134 valence electrons. The SMILES string of the molecule is CC(CCc1ccco1)NC(=O)c1ccn(-c2ccc([N+](=O)[O-])cc2)n1. The minimum Gasteiger partial charge on any atom is -0.469 e. The molecule has 0 fully saturated rings. The van der Waals surface area contributed by atoms with Crippen LogP contribution in [0.1, 0.15) is 29.6 Å². The van der Waals surface area contributed by atoms with Gasteiger partial charge in [-0.25, -0.2) is 4.68 Å². The summed E-state index contributed by atoms with van der Waals surface area (Å²) in [7, 11) is 0. The molecule has 0 aliphatic carbocycles. The van der Waals surface area contributed by atoms with Gasteiger partial charge in [0, 0.05) is 30.8 Å². The molecule has 0 bridgehead atoms. The lowest BCUT2D eigenvalue weighted by atomic mass is 10.1. The smallest absolute Gasteiger partial charge is 0.271 e. The number of non-ortho nitro benzene ring substituents is 1. The first-order valence-electron chi connectivity index (χ1n) is 8.16. The molecule has 0 saturated heterocycles. The molecule has 0 radical (unpaired) electrons. The summed E-state index contributed by atoms with van der Waals surface area (Å²) in [6.45, 7) is 1.92. The second-order valence-electron chi connectivity index (χ2n) is 5.91. The van der Waals surface area contributed by atoms with Crippen molar-refractivity contribution in [3.63, 3.8) is 0 Å². The van der Waals surface area contributed by atoms with Crippen molar-refractivity contribution >= 4 is 11.6 Å². The van der Waals surface area contributed by atoms with E-state index in [0.29, 0.717) is 5.69 Å². The van der Waals surface area contributed by atoms with Gasteiger partial charge in [-0.2, -0.15) is 5.10 Å². The van der Waals surface area contributed by atoms with Crippen molar-refractivity contribution < 1.29 is 14.1 Å². The van der Waals surface area contributed by atoms with E-state index < -0.39 is 4.92 Å². The molecule has 3 aromatic rings. The highest BCUT2D eigenvalue weighted by molar-refractivity contribution is 5.92. The summed E-state index contributed by atoms with van der Waals surface area (Å²) in [5, 5.41) is 17.8. The Hall–Kier alpha value is -3.42. The molecule has 2 aromatic heterocycles. The predicted octanol–water partition coefficient (Wildman–Crippen LogP) is 3.12. The summed E-state index contributed by atoms with van der Waals surface area (Å²) in [4.78, 5) is 22.5. The number of benzene rings is 1. The zero-order valence-electron chi connectivity index (χ0n) is 14.2. The van der Waals surface area contributed by atoms with Crippen LogP contribution in [0.4, 0.5) is 5.69 Å². The molecule has 1 aromatic carbocycles. The summed E-state index contributed by atoms with van der Waals surface area (Å²) in [5.41, 5.74) is 0.929. The van der Waals surface area contributed by atoms with E-state index in [9.17, 15) is 14.9 Å². The lowest BCUT2D eigenvalue weighted by Crippen LogP contribution is -2.33. The van der Waals surface area contributed by atoms with Crippen molar-refractivity contribution in [3.8, 4) is 5.69 Å². The maximum atomic E-state index is 12.3. The van der Waals surface area contributed by atoms with Crippen LogP contribution >= 0.6 is 0 Å². The number of hydrogen-bond acceptors (Lipinski definition) is 5. The van der Waals surface area contributed by atoms with E-state index in [4.69, 9.17) is 4.42 Å². The standard InChI is InChI=1S/C18H18N4O4/c1-13(4-9-16-3-2-12-26-16)19-18(23)17-10-11-21(20-17)14-5-7-15(8-6-14)22(24)25/h2-3,5-8,10-13H,4,9H2,1H3,(H,19,23). The highest BCUT2D eigenvalue weighted by Crippen LogP contribution is 2.15. The van der Waals surface area contributed by atoms with Crippen molar-refractivity contribution in [2.24, 2.45) is 0 Å². The number of rotatable bonds is 7. The Kier molecular flexibility index (Phi) is 5.12. The van der Waals surface area contributed by atoms with Crippen LogP contribution in [0.5, 0.6) is 0 Å². The number of hydrogen-bond donors (Lipinski definition) is 1. The molecule has 3 rings (SSSR count). The lowest BCUT2D eigenvalue weighted by Gasteiger charge is -2.11. The number of furan rings is 1. The van der Waals surface area contributed by atoms with Crippen LogP contribution in [0.2, 0.25) is 0 Å². The van der Waals surface area contributed by atoms with Crippen LogP contribution < -0.4 is 5.32 Å². The number of nitrogens with one attached hydrogen (secondary N) is 1. The summed E-state index contributed by atoms with van der Waals surface area (Å²) < 4.78 is 6.78. The Morgan fingerprint density at radius 1 is 1.31 bits per heavy atom. The van der Waals surface area contributed by atoms with Gasteiger partial charge in [-0.15, -0.1) is 0 Å². The van der Waals surface area contributed by atoms with Gasteiger partial charge < -0.3 is 9.73 Å². The Morgan fingerprint density at radius 3 is 2.73 bits per heavy atom. The van der Waals surface area contributed by atoms with Gasteiger partial charge >= 0.3 is 0 Å². The van der Waals surface area contributed by atoms with E-state index in [-0.39, 0.29) is 23.3 Å². The summed E-state index contributed by atoms with van der Waals surface area (Å²) in [6, 6.07) is 11.3. The second kappa shape index (κ2) is 7.64. The van der Waals surface area contributed by atoms with Gasteiger partial charge in [0.1, 0.15) is 5.76 Å². The molecule has 8 nitrogen and oxygen atoms in total. The molecule has 1 atom stereocenters. The van der Waals surface area contributed by atoms with Gasteiger partial charge in [0.05, 0.1) is 16.9 Å². The fourth-order valence-corrected chi connectivity index (χ4v) is 2.50. The molecule has 1 N–H and O–H groups in total. The molecular formula is C18H18N4O4. The number of aryl methyl sites for hydroxylation is 1. The number of amides is 1. The largest absolute Gasteiger partial charge is 0.469 e. The fraction of sp³-hybridized carbons (Fsp3) is 0.222. The Bertz CT molecular complexity index is 884. The van der Waals surface area contributed by atoms with Crippen molar-refractivity contribution in [2.75, 3.05) is 0 Å². The zero-order chi connectivity index (χ0) is 18.5. The van der Waals surface area contributed by atoms with E-state index in [0.717, 1.165) is 18.6 Å². The number of nitro benzene ring substituents is 1. The zero-order valence-corrected chi connectivity index (χ0v) is 14.2. The third-order valence-corrected chi connectivity index (χ3v) is 3.93. The molecule has 0 aliphatic heterocycles. The van der Waals surface area contributed by atoms with E-state index in [1.54, 1.807) is 30.7 Å². The molecule has 1 unspecified atom stereocenters. The van der Waals surface area contributed by atoms with Gasteiger partial charge in [-0.05, 0) is 43.7 Å². The third-order valence-electron chi connectivity index (χ3n) is 3.93. The molecule has 8 heteroatoms. The van der Waals surface area contributed by atoms with Gasteiger partial charge in [0.25, 0.3) is 11.6 Å². The Balaban J connectivity index is 1.59. The molecule has 2 heterocycles. The van der Waals surface area contributed by atoms with Crippen LogP contribution in [0.25, 0.3) is 5.69 Å². The van der Waals surface area contributed by atoms with Gasteiger partial charge in [0.15, 0.2) is 5.69 Å². The first-order chi connectivity index (χ1) is 12.5. The van der Waals surface area contributed by atoms with Crippen molar-refractivity contribution in [2.45, 2.75) is 25.8 Å². The van der Waals surface area contributed by atoms with Gasteiger partial charge in [-0.1, -0.05) is 0 Å². The third kappa shape index (κ3) is 4.15. The second-order valence-corrected chi connectivity index (χ2v) is 5.91. The molecule has 26 heavy (non-hydrogen) atoms. The molecule has 0 saturated carbocycles. The fourth-order valence-electron chi connectivity index (χ4n) is 2.50. The lowest BCUT2D eigenvalue weighted by molar-refractivity contribution is -0.384. The first kappa shape index (κ1) is 17.4. The number of aromatic nitrogens is 2. The average molecular weight is 354 g/mol. The minimum absolute atomic E-state index is 0.00394. The highest BCUT2D eigenvalue weighted by atomic mass is 16.6. The monoisotopic (exact) mass is 354 g/mol. The average Bonchev–Trinajstić information content (AvgIpc) is 3.32. The van der Waals surface area contributed by atoms with E-state index in [1.165, 1.54) is 16.8 Å². The van der Waals surface area contributed by atoms with Crippen molar-refractivity contribution in [1.82, 2.24) is 15.1 Å². The van der Waals surface area contributed by atoms with Crippen LogP contribution in [-0.4, -0.2) is 26.7 Å². The maximum Gasteiger partial charge on any atom is 0.271 e. The number of carbonyl (C=O) groups excluding carboxylic acids is 1. The quantitative estimate of drug-likeness (QED) is 0.518. The van der Waals surface area contributed by atoms with E-state index in [2.05, 4.69) is 10.4 Å². The van der Waals surface area contributed by atoms with Gasteiger partial charge in [0.2, 0.25) is 0 Å². The highest BCUT2D eigenvalue weighted by Gasteiger charge is 2.14. The van der Waals surface area contributed by atoms with Crippen molar-refractivity contribution in [3.05, 3.63) is 76.5 Å². The summed E-state index contributed by atoms with van der Waals surface area (Å²) >= 11 is 0. The normalized spacial score (nSPS) is 11.9. The van der Waals surface area contributed by atoms with Crippen LogP contribution in [0.15, 0.2) is 59.3 Å². The maximum absolute atomic E-state index is 12.3. The first-order valence-corrected chi connectivity index (χ1v) is 8.16. The Morgan fingerprint density at radius 2 is 2.08 bits per heavy atom. The predicted molar refractivity (Wildman–Crippen MR) is 94.2 cm³/mol. The Labute approximate surface area is 149 Å². The molecule has 0 aliphatic rings. The number of nitrogens with zero attached hydrogens (tertiary/aromatic N) is 3. The topological polar surface area (TPSA) is 103 Å². The van der Waals surface area contributed by atoms with E-state index in [1.807, 2.05) is 19.1 Å². The molecule has 1 amide bonds. The van der Waals surface area contributed by atoms with Crippen LogP contribution in [-0.2, 0) is 6.42 Å². The molecule has 0 spiro atoms. The summed E-state index contributed by atoms with van der Waals surface area (Å²) in [5.74, 6) is 0.617.